The zero-order chi connectivity index (χ0) is 29.1. The molecular formula is C37H31N5. The average molecular weight is 546 g/mol. The van der Waals surface area contributed by atoms with Crippen LogP contribution < -0.4 is 5.73 Å². The van der Waals surface area contributed by atoms with Crippen molar-refractivity contribution in [3.8, 4) is 22.6 Å². The van der Waals surface area contributed by atoms with E-state index in [0.29, 0.717) is 17.0 Å². The Hall–Kier alpha value is -5.42. The van der Waals surface area contributed by atoms with Crippen LogP contribution in [0.3, 0.4) is 0 Å². The molecule has 6 aromatic rings. The quantitative estimate of drug-likeness (QED) is 0.162. The number of nitrogens with two attached hydrogens (primary N) is 1. The van der Waals surface area contributed by atoms with E-state index in [1.807, 2.05) is 67.6 Å². The highest BCUT2D eigenvalue weighted by Gasteiger charge is 2.19. The minimum atomic E-state index is 0.0975. The predicted molar refractivity (Wildman–Crippen MR) is 176 cm³/mol. The summed E-state index contributed by atoms with van der Waals surface area (Å²) in [6.45, 7) is 4.18. The molecule has 5 heteroatoms. The van der Waals surface area contributed by atoms with Crippen molar-refractivity contribution < 1.29 is 0 Å². The summed E-state index contributed by atoms with van der Waals surface area (Å²) in [5.41, 5.74) is 12.8. The van der Waals surface area contributed by atoms with Crippen LogP contribution in [0.1, 0.15) is 37.1 Å². The van der Waals surface area contributed by atoms with E-state index in [1.165, 1.54) is 0 Å². The molecule has 3 N–H and O–H groups in total. The van der Waals surface area contributed by atoms with E-state index in [-0.39, 0.29) is 11.7 Å². The monoisotopic (exact) mass is 545 g/mol. The summed E-state index contributed by atoms with van der Waals surface area (Å²) in [7, 11) is 0. The highest BCUT2D eigenvalue weighted by Crippen LogP contribution is 2.34. The van der Waals surface area contributed by atoms with E-state index in [1.54, 1.807) is 0 Å². The minimum absolute atomic E-state index is 0.0975. The van der Waals surface area contributed by atoms with E-state index < -0.39 is 0 Å². The molecule has 1 heterocycles. The molecule has 0 amide bonds. The number of aliphatic imine (C=N–C) groups is 1. The molecule has 0 saturated heterocycles. The summed E-state index contributed by atoms with van der Waals surface area (Å²) in [5.74, 6) is 0.909. The maximum Gasteiger partial charge on any atom is 0.161 e. The summed E-state index contributed by atoms with van der Waals surface area (Å²) in [5, 5.41) is 12.9. The standard InChI is InChI=1S/C37H31N5/c1-3-24(4-2)32-23-33(30-20-12-17-25-13-8-10-18-28(25)30)41-37(40-32)31-22-21-26-14-9-11-19-29(26)34(31)36(39)42-35(38)27-15-6-5-7-16-27/h3,5-23H,4H2,1-2H3,(H3,38,39,42)/b24-3+. The lowest BCUT2D eigenvalue weighted by Crippen LogP contribution is -2.18. The van der Waals surface area contributed by atoms with Crippen LogP contribution in [0, 0.1) is 5.41 Å². The molecule has 5 nitrogen and oxygen atoms in total. The number of hydrogen-bond donors (Lipinski definition) is 2. The van der Waals surface area contributed by atoms with Gasteiger partial charge >= 0.3 is 0 Å². The second-order valence-corrected chi connectivity index (χ2v) is 10.1. The first-order chi connectivity index (χ1) is 20.6. The first-order valence-corrected chi connectivity index (χ1v) is 14.1. The predicted octanol–water partition coefficient (Wildman–Crippen LogP) is 8.66. The van der Waals surface area contributed by atoms with E-state index in [9.17, 15) is 0 Å². The molecule has 0 atom stereocenters. The zero-order valence-electron chi connectivity index (χ0n) is 23.7. The van der Waals surface area contributed by atoms with Crippen LogP contribution in [0.4, 0.5) is 0 Å². The van der Waals surface area contributed by atoms with Crippen molar-refractivity contribution in [3.63, 3.8) is 0 Å². The number of amidine groups is 2. The van der Waals surface area contributed by atoms with Crippen LogP contribution in [0.15, 0.2) is 126 Å². The van der Waals surface area contributed by atoms with Gasteiger partial charge in [0.05, 0.1) is 11.4 Å². The van der Waals surface area contributed by atoms with Crippen LogP contribution in [-0.4, -0.2) is 21.6 Å². The Morgan fingerprint density at radius 2 is 1.43 bits per heavy atom. The molecule has 0 spiro atoms. The Morgan fingerprint density at radius 3 is 2.17 bits per heavy atom. The molecule has 0 aliphatic carbocycles. The Bertz CT molecular complexity index is 2000. The van der Waals surface area contributed by atoms with Gasteiger partial charge in [0, 0.05) is 22.3 Å². The molecule has 0 fully saturated rings. The van der Waals surface area contributed by atoms with Crippen LogP contribution >= 0.6 is 0 Å². The lowest BCUT2D eigenvalue weighted by Gasteiger charge is -2.16. The summed E-state index contributed by atoms with van der Waals surface area (Å²) in [4.78, 5) is 14.8. The number of hydrogen-bond acceptors (Lipinski definition) is 3. The van der Waals surface area contributed by atoms with Gasteiger partial charge in [-0.25, -0.2) is 15.0 Å². The van der Waals surface area contributed by atoms with Gasteiger partial charge in [0.25, 0.3) is 0 Å². The van der Waals surface area contributed by atoms with Gasteiger partial charge < -0.3 is 5.73 Å². The van der Waals surface area contributed by atoms with Crippen LogP contribution in [0.25, 0.3) is 49.8 Å². The molecule has 42 heavy (non-hydrogen) atoms. The first kappa shape index (κ1) is 26.8. The SMILES string of the molecule is C/C=C(\CC)c1cc(-c2cccc3ccccc23)nc(-c2ccc3ccccc3c2/C(N)=N/C(=N)c2ccccc2)n1. The fraction of sp³-hybridized carbons (Fsp3) is 0.0811. The lowest BCUT2D eigenvalue weighted by molar-refractivity contribution is 1.12. The molecule has 6 rings (SSSR count). The molecule has 0 aliphatic rings. The smallest absolute Gasteiger partial charge is 0.161 e. The highest BCUT2D eigenvalue weighted by atomic mass is 14.9. The third kappa shape index (κ3) is 5.08. The topological polar surface area (TPSA) is 88.0 Å². The van der Waals surface area contributed by atoms with Gasteiger partial charge in [0.2, 0.25) is 0 Å². The van der Waals surface area contributed by atoms with Gasteiger partial charge in [-0.2, -0.15) is 0 Å². The third-order valence-electron chi connectivity index (χ3n) is 7.56. The number of rotatable bonds is 6. The fourth-order valence-corrected chi connectivity index (χ4v) is 5.42. The lowest BCUT2D eigenvalue weighted by atomic mass is 9.96. The van der Waals surface area contributed by atoms with Crippen molar-refractivity contribution in [2.75, 3.05) is 0 Å². The van der Waals surface area contributed by atoms with Crippen LogP contribution in [0.5, 0.6) is 0 Å². The van der Waals surface area contributed by atoms with Gasteiger partial charge in [-0.1, -0.05) is 116 Å². The summed E-state index contributed by atoms with van der Waals surface area (Å²) in [6, 6.07) is 38.3. The molecule has 204 valence electrons. The van der Waals surface area contributed by atoms with Gasteiger partial charge in [-0.15, -0.1) is 0 Å². The van der Waals surface area contributed by atoms with Gasteiger partial charge in [-0.3, -0.25) is 5.41 Å². The van der Waals surface area contributed by atoms with Gasteiger partial charge in [0.1, 0.15) is 5.84 Å². The summed E-state index contributed by atoms with van der Waals surface area (Å²) in [6.07, 6.45) is 2.95. The molecule has 1 aromatic heterocycles. The number of nitrogens with zero attached hydrogens (tertiary/aromatic N) is 3. The van der Waals surface area contributed by atoms with Crippen LogP contribution in [0.2, 0.25) is 0 Å². The average Bonchev–Trinajstić information content (AvgIpc) is 3.04. The van der Waals surface area contributed by atoms with Crippen molar-refractivity contribution in [2.45, 2.75) is 20.3 Å². The van der Waals surface area contributed by atoms with E-state index in [2.05, 4.69) is 72.6 Å². The Balaban J connectivity index is 1.62. The first-order valence-electron chi connectivity index (χ1n) is 14.1. The van der Waals surface area contributed by atoms with Gasteiger partial charge in [-0.05, 0) is 52.6 Å². The fourth-order valence-electron chi connectivity index (χ4n) is 5.42. The summed E-state index contributed by atoms with van der Waals surface area (Å²) < 4.78 is 0. The van der Waals surface area contributed by atoms with Crippen molar-refractivity contribution in [2.24, 2.45) is 10.7 Å². The van der Waals surface area contributed by atoms with Crippen molar-refractivity contribution in [1.82, 2.24) is 9.97 Å². The maximum absolute atomic E-state index is 8.65. The van der Waals surface area contributed by atoms with Crippen LogP contribution in [-0.2, 0) is 0 Å². The number of aromatic nitrogens is 2. The molecular weight excluding hydrogens is 514 g/mol. The van der Waals surface area contributed by atoms with E-state index in [4.69, 9.17) is 21.1 Å². The molecule has 0 unspecified atom stereocenters. The van der Waals surface area contributed by atoms with Crippen molar-refractivity contribution in [1.29, 1.82) is 5.41 Å². The van der Waals surface area contributed by atoms with E-state index in [0.717, 1.165) is 56.1 Å². The summed E-state index contributed by atoms with van der Waals surface area (Å²) >= 11 is 0. The number of fused-ring (bicyclic) bond motifs is 2. The van der Waals surface area contributed by atoms with Crippen molar-refractivity contribution in [3.05, 3.63) is 138 Å². The molecule has 0 radical (unpaired) electrons. The molecule has 0 bridgehead atoms. The largest absolute Gasteiger partial charge is 0.383 e. The molecule has 5 aromatic carbocycles. The molecule has 0 saturated carbocycles. The maximum atomic E-state index is 8.65. The Morgan fingerprint density at radius 1 is 0.762 bits per heavy atom. The Kier molecular flexibility index (Phi) is 7.39. The number of benzene rings is 5. The third-order valence-corrected chi connectivity index (χ3v) is 7.56. The van der Waals surface area contributed by atoms with Crippen molar-refractivity contribution >= 4 is 38.8 Å². The van der Waals surface area contributed by atoms with E-state index >= 15 is 0 Å². The minimum Gasteiger partial charge on any atom is -0.383 e. The molecule has 0 aliphatic heterocycles. The Labute approximate surface area is 245 Å². The van der Waals surface area contributed by atoms with Gasteiger partial charge in [0.15, 0.2) is 11.7 Å². The highest BCUT2D eigenvalue weighted by molar-refractivity contribution is 6.18. The normalized spacial score (nSPS) is 12.1. The number of nitrogens with one attached hydrogen (secondary N) is 1. The number of allylic oxidation sites excluding steroid dienone is 2. The second kappa shape index (κ2) is 11.6. The zero-order valence-corrected chi connectivity index (χ0v) is 23.7. The second-order valence-electron chi connectivity index (χ2n) is 10.1.